The zero-order valence-electron chi connectivity index (χ0n) is 19.0. The molecule has 2 aliphatic rings. The minimum absolute atomic E-state index is 0.135. The Hall–Kier alpha value is -2.16. The Kier molecular flexibility index (Phi) is 8.85. The molecular formula is C22H39N5O4. The number of carbonyl (C=O) groups is 4. The molecule has 7 N–H and O–H groups in total. The van der Waals surface area contributed by atoms with Crippen molar-refractivity contribution in [3.63, 3.8) is 0 Å². The molecular weight excluding hydrogens is 398 g/mol. The van der Waals surface area contributed by atoms with Crippen LogP contribution in [0, 0.1) is 17.3 Å². The number of primary amides is 1. The second-order valence-corrected chi connectivity index (χ2v) is 10.1. The van der Waals surface area contributed by atoms with Gasteiger partial charge in [-0.05, 0) is 30.6 Å². The molecule has 2 rings (SSSR count). The van der Waals surface area contributed by atoms with E-state index >= 15 is 0 Å². The summed E-state index contributed by atoms with van der Waals surface area (Å²) in [6.07, 6.45) is 6.65. The SMILES string of the molecule is CC(C)(C)C(N)C(=O)N[C@@H](CC1CCCCC1)C(=O)NC(CC1CCNC1=O)C(N)=O. The molecule has 1 saturated heterocycles. The van der Waals surface area contributed by atoms with Gasteiger partial charge in [0.2, 0.25) is 23.6 Å². The van der Waals surface area contributed by atoms with Crippen molar-refractivity contribution in [2.45, 2.75) is 90.3 Å². The molecule has 2 fully saturated rings. The van der Waals surface area contributed by atoms with E-state index in [4.69, 9.17) is 11.5 Å². The van der Waals surface area contributed by atoms with Gasteiger partial charge in [0.1, 0.15) is 12.1 Å². The lowest BCUT2D eigenvalue weighted by Gasteiger charge is -2.31. The maximum atomic E-state index is 13.1. The summed E-state index contributed by atoms with van der Waals surface area (Å²) in [5.41, 5.74) is 11.1. The van der Waals surface area contributed by atoms with Crippen molar-refractivity contribution < 1.29 is 19.2 Å². The molecule has 31 heavy (non-hydrogen) atoms. The van der Waals surface area contributed by atoms with Crippen molar-refractivity contribution in [3.8, 4) is 0 Å². The zero-order chi connectivity index (χ0) is 23.2. The normalized spacial score (nSPS) is 22.8. The van der Waals surface area contributed by atoms with Gasteiger partial charge in [-0.25, -0.2) is 0 Å². The quantitative estimate of drug-likeness (QED) is 0.351. The van der Waals surface area contributed by atoms with E-state index in [0.29, 0.717) is 25.3 Å². The molecule has 1 heterocycles. The highest BCUT2D eigenvalue weighted by Gasteiger charge is 2.35. The standard InChI is InChI=1S/C22H39N5O4/c1-22(2,3)17(23)21(31)27-16(11-13-7-5-4-6-8-13)20(30)26-15(18(24)28)12-14-9-10-25-19(14)29/h13-17H,4-12,23H2,1-3H3,(H2,24,28)(H,25,29)(H,26,30)(H,27,31)/t14?,15?,16-,17?/m0/s1. The van der Waals surface area contributed by atoms with Gasteiger partial charge in [-0.1, -0.05) is 52.9 Å². The minimum atomic E-state index is -0.969. The van der Waals surface area contributed by atoms with Crippen molar-refractivity contribution >= 4 is 23.6 Å². The minimum Gasteiger partial charge on any atom is -0.368 e. The van der Waals surface area contributed by atoms with Crippen molar-refractivity contribution in [1.82, 2.24) is 16.0 Å². The molecule has 0 radical (unpaired) electrons. The molecule has 9 heteroatoms. The summed E-state index contributed by atoms with van der Waals surface area (Å²) in [4.78, 5) is 49.7. The molecule has 0 spiro atoms. The fraction of sp³-hybridized carbons (Fsp3) is 0.818. The predicted molar refractivity (Wildman–Crippen MR) is 117 cm³/mol. The van der Waals surface area contributed by atoms with Gasteiger partial charge < -0.3 is 27.4 Å². The Morgan fingerprint density at radius 3 is 2.13 bits per heavy atom. The van der Waals surface area contributed by atoms with Crippen LogP contribution in [0.2, 0.25) is 0 Å². The van der Waals surface area contributed by atoms with Crippen LogP contribution in [0.3, 0.4) is 0 Å². The molecule has 0 aromatic rings. The van der Waals surface area contributed by atoms with Gasteiger partial charge in [-0.3, -0.25) is 19.2 Å². The number of carbonyl (C=O) groups excluding carboxylic acids is 4. The van der Waals surface area contributed by atoms with Gasteiger partial charge in [0.05, 0.1) is 6.04 Å². The molecule has 0 bridgehead atoms. The monoisotopic (exact) mass is 437 g/mol. The van der Waals surface area contributed by atoms with Crippen LogP contribution in [0.15, 0.2) is 0 Å². The van der Waals surface area contributed by atoms with E-state index in [-0.39, 0.29) is 18.2 Å². The Labute approximate surface area is 184 Å². The van der Waals surface area contributed by atoms with Crippen LogP contribution in [0.5, 0.6) is 0 Å². The smallest absolute Gasteiger partial charge is 0.243 e. The lowest BCUT2D eigenvalue weighted by molar-refractivity contribution is -0.133. The number of hydrogen-bond acceptors (Lipinski definition) is 5. The first-order chi connectivity index (χ1) is 14.5. The topological polar surface area (TPSA) is 156 Å². The van der Waals surface area contributed by atoms with E-state index in [9.17, 15) is 19.2 Å². The number of nitrogens with two attached hydrogens (primary N) is 2. The number of rotatable bonds is 9. The van der Waals surface area contributed by atoms with Crippen LogP contribution in [0.1, 0.15) is 72.1 Å². The van der Waals surface area contributed by atoms with E-state index in [2.05, 4.69) is 16.0 Å². The first-order valence-electron chi connectivity index (χ1n) is 11.4. The van der Waals surface area contributed by atoms with Crippen molar-refractivity contribution in [3.05, 3.63) is 0 Å². The van der Waals surface area contributed by atoms with Gasteiger partial charge in [-0.2, -0.15) is 0 Å². The second-order valence-electron chi connectivity index (χ2n) is 10.1. The number of amides is 4. The molecule has 0 aromatic heterocycles. The summed E-state index contributed by atoms with van der Waals surface area (Å²) in [5.74, 6) is -1.72. The first kappa shape index (κ1) is 25.1. The van der Waals surface area contributed by atoms with Crippen LogP contribution < -0.4 is 27.4 Å². The van der Waals surface area contributed by atoms with Gasteiger partial charge >= 0.3 is 0 Å². The molecule has 9 nitrogen and oxygen atoms in total. The van der Waals surface area contributed by atoms with E-state index in [1.165, 1.54) is 6.42 Å². The molecule has 1 aliphatic heterocycles. The third-order valence-corrected chi connectivity index (χ3v) is 6.49. The van der Waals surface area contributed by atoms with E-state index in [1.807, 2.05) is 20.8 Å². The molecule has 1 aliphatic carbocycles. The van der Waals surface area contributed by atoms with E-state index in [0.717, 1.165) is 25.7 Å². The molecule has 4 atom stereocenters. The van der Waals surface area contributed by atoms with Gasteiger partial charge in [0, 0.05) is 12.5 Å². The molecule has 176 valence electrons. The van der Waals surface area contributed by atoms with Crippen molar-refractivity contribution in [2.75, 3.05) is 6.54 Å². The maximum absolute atomic E-state index is 13.1. The third kappa shape index (κ3) is 7.48. The van der Waals surface area contributed by atoms with Gasteiger partial charge in [0.25, 0.3) is 0 Å². The van der Waals surface area contributed by atoms with E-state index in [1.54, 1.807) is 0 Å². The van der Waals surface area contributed by atoms with Crippen molar-refractivity contribution in [1.29, 1.82) is 0 Å². The van der Waals surface area contributed by atoms with Gasteiger partial charge in [0.15, 0.2) is 0 Å². The molecule has 4 amide bonds. The Morgan fingerprint density at radius 1 is 1.00 bits per heavy atom. The van der Waals surface area contributed by atoms with Crippen molar-refractivity contribution in [2.24, 2.45) is 28.7 Å². The van der Waals surface area contributed by atoms with Crippen LogP contribution in [0.25, 0.3) is 0 Å². The van der Waals surface area contributed by atoms with Crippen LogP contribution in [0.4, 0.5) is 0 Å². The van der Waals surface area contributed by atoms with Crippen LogP contribution >= 0.6 is 0 Å². The van der Waals surface area contributed by atoms with Crippen LogP contribution in [-0.2, 0) is 19.2 Å². The fourth-order valence-electron chi connectivity index (χ4n) is 4.32. The summed E-state index contributed by atoms with van der Waals surface area (Å²) in [5, 5.41) is 8.22. The maximum Gasteiger partial charge on any atom is 0.243 e. The highest BCUT2D eigenvalue weighted by Crippen LogP contribution is 2.28. The highest BCUT2D eigenvalue weighted by atomic mass is 16.2. The Morgan fingerprint density at radius 2 is 1.61 bits per heavy atom. The Balaban J connectivity index is 2.09. The Bertz CT molecular complexity index is 669. The summed E-state index contributed by atoms with van der Waals surface area (Å²) < 4.78 is 0. The largest absolute Gasteiger partial charge is 0.368 e. The number of nitrogens with one attached hydrogen (secondary N) is 3. The predicted octanol–water partition coefficient (Wildman–Crippen LogP) is 0.311. The summed E-state index contributed by atoms with van der Waals surface area (Å²) in [6.45, 7) is 6.14. The average Bonchev–Trinajstić information content (AvgIpc) is 3.10. The van der Waals surface area contributed by atoms with E-state index < -0.39 is 41.3 Å². The summed E-state index contributed by atoms with van der Waals surface area (Å²) in [7, 11) is 0. The lowest BCUT2D eigenvalue weighted by atomic mass is 9.83. The first-order valence-corrected chi connectivity index (χ1v) is 11.4. The third-order valence-electron chi connectivity index (χ3n) is 6.49. The molecule has 0 aromatic carbocycles. The summed E-state index contributed by atoms with van der Waals surface area (Å²) >= 11 is 0. The summed E-state index contributed by atoms with van der Waals surface area (Å²) in [6, 6.07) is -2.55. The highest BCUT2D eigenvalue weighted by molar-refractivity contribution is 5.93. The number of hydrogen-bond donors (Lipinski definition) is 5. The fourth-order valence-corrected chi connectivity index (χ4v) is 4.32. The van der Waals surface area contributed by atoms with Gasteiger partial charge in [-0.15, -0.1) is 0 Å². The molecule has 3 unspecified atom stereocenters. The second kappa shape index (κ2) is 10.9. The average molecular weight is 438 g/mol. The van der Waals surface area contributed by atoms with Crippen LogP contribution in [-0.4, -0.2) is 48.3 Å². The zero-order valence-corrected chi connectivity index (χ0v) is 19.0. The lowest BCUT2D eigenvalue weighted by Crippen LogP contribution is -2.57. The molecule has 1 saturated carbocycles.